The summed E-state index contributed by atoms with van der Waals surface area (Å²) in [5.74, 6) is -2.33. The third kappa shape index (κ3) is 2.77. The zero-order valence-electron chi connectivity index (χ0n) is 10.3. The average Bonchev–Trinajstić information content (AvgIpc) is 2.44. The fourth-order valence-electron chi connectivity index (χ4n) is 1.79. The van der Waals surface area contributed by atoms with Crippen molar-refractivity contribution in [1.29, 1.82) is 0 Å². The number of carboxylic acids is 1. The maximum atomic E-state index is 13.8. The summed E-state index contributed by atoms with van der Waals surface area (Å²) >= 11 is 11.3. The smallest absolute Gasteiger partial charge is 0.356 e. The number of anilines is 1. The van der Waals surface area contributed by atoms with Gasteiger partial charge in [-0.15, -0.1) is 0 Å². The molecule has 0 aliphatic rings. The van der Waals surface area contributed by atoms with Crippen molar-refractivity contribution in [3.63, 3.8) is 0 Å². The molecule has 4 nitrogen and oxygen atoms in total. The number of hydrogen-bond acceptors (Lipinski definition) is 3. The number of nitrogens with two attached hydrogens (primary N) is 1. The van der Waals surface area contributed by atoms with Gasteiger partial charge in [0.05, 0.1) is 21.4 Å². The van der Waals surface area contributed by atoms with Gasteiger partial charge in [-0.3, -0.25) is 0 Å². The van der Waals surface area contributed by atoms with Crippen molar-refractivity contribution < 1.29 is 18.7 Å². The van der Waals surface area contributed by atoms with Gasteiger partial charge in [-0.05, 0) is 12.1 Å². The lowest BCUT2D eigenvalue weighted by molar-refractivity contribution is 0.0691. The molecule has 0 saturated heterocycles. The van der Waals surface area contributed by atoms with Crippen molar-refractivity contribution >= 4 is 34.9 Å². The van der Waals surface area contributed by atoms with Crippen LogP contribution in [0.4, 0.5) is 14.5 Å². The van der Waals surface area contributed by atoms with Crippen LogP contribution in [0.25, 0.3) is 11.3 Å². The highest BCUT2D eigenvalue weighted by Gasteiger charge is 2.19. The first-order valence-corrected chi connectivity index (χ1v) is 6.35. The number of aromatic carboxylic acids is 1. The normalized spacial score (nSPS) is 10.7. The van der Waals surface area contributed by atoms with Crippen LogP contribution < -0.4 is 5.73 Å². The van der Waals surface area contributed by atoms with E-state index in [1.807, 2.05) is 0 Å². The predicted molar refractivity (Wildman–Crippen MR) is 75.8 cm³/mol. The van der Waals surface area contributed by atoms with Crippen molar-refractivity contribution in [3.8, 4) is 11.3 Å². The number of hydrogen-bond donors (Lipinski definition) is 2. The second-order valence-corrected chi connectivity index (χ2v) is 4.87. The van der Waals surface area contributed by atoms with E-state index >= 15 is 0 Å². The van der Waals surface area contributed by atoms with Crippen LogP contribution in [0.5, 0.6) is 0 Å². The molecule has 0 saturated carbocycles. The molecule has 0 aliphatic heterocycles. The van der Waals surface area contributed by atoms with Crippen LogP contribution in [0.1, 0.15) is 16.1 Å². The number of carbonyl (C=O) groups is 1. The fourth-order valence-corrected chi connectivity index (χ4v) is 2.15. The number of rotatable bonds is 3. The minimum Gasteiger partial charge on any atom is -0.476 e. The molecule has 0 fully saturated rings. The maximum absolute atomic E-state index is 13.8. The number of alkyl halides is 1. The first-order valence-electron chi connectivity index (χ1n) is 5.59. The molecule has 1 aromatic carbocycles. The Bertz CT molecular complexity index is 739. The molecule has 1 heterocycles. The number of pyridine rings is 1. The van der Waals surface area contributed by atoms with Crippen LogP contribution in [0.15, 0.2) is 18.2 Å². The first-order chi connectivity index (χ1) is 9.86. The van der Waals surface area contributed by atoms with E-state index in [2.05, 4.69) is 4.98 Å². The van der Waals surface area contributed by atoms with Gasteiger partial charge in [-0.2, -0.15) is 0 Å². The molecule has 1 aromatic heterocycles. The van der Waals surface area contributed by atoms with Crippen LogP contribution in [-0.4, -0.2) is 16.1 Å². The number of carboxylic acid groups (broad SMARTS) is 1. The Morgan fingerprint density at radius 2 is 2.05 bits per heavy atom. The highest BCUT2D eigenvalue weighted by molar-refractivity contribution is 6.35. The molecule has 0 bridgehead atoms. The summed E-state index contributed by atoms with van der Waals surface area (Å²) in [6, 6.07) is 3.80. The van der Waals surface area contributed by atoms with Gasteiger partial charge in [0.2, 0.25) is 0 Å². The van der Waals surface area contributed by atoms with E-state index in [0.29, 0.717) is 0 Å². The number of nitrogens with zero attached hydrogens (tertiary/aromatic N) is 1. The molecule has 3 N–H and O–H groups in total. The quantitative estimate of drug-likeness (QED) is 0.892. The molecular weight excluding hydrogens is 325 g/mol. The molecule has 8 heteroatoms. The summed E-state index contributed by atoms with van der Waals surface area (Å²) in [7, 11) is 0. The summed E-state index contributed by atoms with van der Waals surface area (Å²) in [6.45, 7) is -1.13. The van der Waals surface area contributed by atoms with E-state index in [1.165, 1.54) is 18.2 Å². The molecule has 0 atom stereocenters. The zero-order valence-corrected chi connectivity index (χ0v) is 11.8. The van der Waals surface area contributed by atoms with Crippen molar-refractivity contribution in [2.45, 2.75) is 6.67 Å². The van der Waals surface area contributed by atoms with Crippen molar-refractivity contribution in [2.24, 2.45) is 0 Å². The van der Waals surface area contributed by atoms with E-state index in [1.54, 1.807) is 0 Å². The molecule has 2 rings (SSSR count). The van der Waals surface area contributed by atoms with E-state index in [9.17, 15) is 13.6 Å². The van der Waals surface area contributed by atoms with E-state index in [4.69, 9.17) is 34.0 Å². The number of nitrogen functional groups attached to an aromatic ring is 1. The van der Waals surface area contributed by atoms with Crippen molar-refractivity contribution in [1.82, 2.24) is 4.98 Å². The summed E-state index contributed by atoms with van der Waals surface area (Å²) in [6.07, 6.45) is 0. The maximum Gasteiger partial charge on any atom is 0.356 e. The third-order valence-electron chi connectivity index (χ3n) is 2.79. The van der Waals surface area contributed by atoms with Crippen LogP contribution >= 0.6 is 23.2 Å². The lowest BCUT2D eigenvalue weighted by Gasteiger charge is -2.11. The fraction of sp³-hybridized carbons (Fsp3) is 0.0769. The van der Waals surface area contributed by atoms with Gasteiger partial charge in [0.15, 0.2) is 5.69 Å². The topological polar surface area (TPSA) is 76.2 Å². The molecule has 0 aliphatic carbocycles. The largest absolute Gasteiger partial charge is 0.476 e. The zero-order chi connectivity index (χ0) is 15.7. The van der Waals surface area contributed by atoms with Gasteiger partial charge in [0.1, 0.15) is 12.5 Å². The van der Waals surface area contributed by atoms with Crippen LogP contribution in [0.3, 0.4) is 0 Å². The Morgan fingerprint density at radius 3 is 2.62 bits per heavy atom. The Hall–Kier alpha value is -1.92. The summed E-state index contributed by atoms with van der Waals surface area (Å²) in [5.41, 5.74) is 4.79. The molecule has 0 amide bonds. The average molecular weight is 333 g/mol. The van der Waals surface area contributed by atoms with Gasteiger partial charge in [-0.1, -0.05) is 29.3 Å². The monoisotopic (exact) mass is 332 g/mol. The van der Waals surface area contributed by atoms with Gasteiger partial charge < -0.3 is 10.8 Å². The Kier molecular flexibility index (Phi) is 4.29. The minimum absolute atomic E-state index is 0.00230. The van der Waals surface area contributed by atoms with Gasteiger partial charge >= 0.3 is 5.97 Å². The van der Waals surface area contributed by atoms with Crippen LogP contribution in [0.2, 0.25) is 10.0 Å². The number of halogens is 4. The third-order valence-corrected chi connectivity index (χ3v) is 3.48. The predicted octanol–water partition coefficient (Wildman–Crippen LogP) is 3.94. The molecule has 0 spiro atoms. The molecule has 21 heavy (non-hydrogen) atoms. The molecule has 0 unspecified atom stereocenters. The Labute approximate surface area is 128 Å². The van der Waals surface area contributed by atoms with Crippen molar-refractivity contribution in [2.75, 3.05) is 5.73 Å². The molecule has 110 valence electrons. The summed E-state index contributed by atoms with van der Waals surface area (Å²) < 4.78 is 26.9. The lowest BCUT2D eigenvalue weighted by atomic mass is 10.0. The Balaban J connectivity index is 2.74. The Morgan fingerprint density at radius 1 is 1.38 bits per heavy atom. The van der Waals surface area contributed by atoms with Gasteiger partial charge in [0.25, 0.3) is 0 Å². The number of aromatic nitrogens is 1. The van der Waals surface area contributed by atoms with E-state index < -0.39 is 24.2 Å². The van der Waals surface area contributed by atoms with Crippen LogP contribution in [-0.2, 0) is 6.67 Å². The standard InChI is InChI=1S/C13H8Cl2F2N2O2/c14-7-2-1-5(6(4-16)11(7)17)9-3-8(18)10(15)12(19-9)13(20)21/h1-3H,4H2,(H2,18,19)(H,20,21). The highest BCUT2D eigenvalue weighted by atomic mass is 35.5. The molecule has 0 radical (unpaired) electrons. The minimum atomic E-state index is -1.40. The highest BCUT2D eigenvalue weighted by Crippen LogP contribution is 2.33. The lowest BCUT2D eigenvalue weighted by Crippen LogP contribution is -2.06. The first kappa shape index (κ1) is 15.5. The van der Waals surface area contributed by atoms with Crippen LogP contribution in [0, 0.1) is 5.82 Å². The second kappa shape index (κ2) is 5.83. The van der Waals surface area contributed by atoms with Gasteiger partial charge in [-0.25, -0.2) is 18.6 Å². The van der Waals surface area contributed by atoms with E-state index in [-0.39, 0.29) is 32.6 Å². The van der Waals surface area contributed by atoms with Crippen molar-refractivity contribution in [3.05, 3.63) is 45.3 Å². The SMILES string of the molecule is Nc1cc(-c2ccc(Cl)c(F)c2CF)nc(C(=O)O)c1Cl. The summed E-state index contributed by atoms with van der Waals surface area (Å²) in [5, 5.41) is 8.54. The second-order valence-electron chi connectivity index (χ2n) is 4.09. The molecule has 2 aromatic rings. The molecular formula is C13H8Cl2F2N2O2. The van der Waals surface area contributed by atoms with E-state index in [0.717, 1.165) is 0 Å². The van der Waals surface area contributed by atoms with Gasteiger partial charge in [0, 0.05) is 11.1 Å². The number of benzene rings is 1. The summed E-state index contributed by atoms with van der Waals surface area (Å²) in [4.78, 5) is 14.9.